The number of hydrogen-bond acceptors (Lipinski definition) is 3. The van der Waals surface area contributed by atoms with Crippen LogP contribution in [0.2, 0.25) is 0 Å². The SMILES string of the molecule is CC1=CCCC(C)C1CC(CNC(=O)OCc1ccccc1)C(=O)O. The molecule has 2 N–H and O–H groups in total. The summed E-state index contributed by atoms with van der Waals surface area (Å²) in [6, 6.07) is 9.38. The van der Waals surface area contributed by atoms with Gasteiger partial charge in [0.25, 0.3) is 0 Å². The fourth-order valence-electron chi connectivity index (χ4n) is 3.35. The number of carboxylic acids is 1. The molecule has 2 rings (SSSR count). The zero-order valence-electron chi connectivity index (χ0n) is 14.9. The van der Waals surface area contributed by atoms with Crippen LogP contribution in [-0.2, 0) is 16.1 Å². The molecule has 5 heteroatoms. The predicted molar refractivity (Wildman–Crippen MR) is 96.0 cm³/mol. The number of aliphatic carboxylic acids is 1. The van der Waals surface area contributed by atoms with Crippen molar-refractivity contribution in [3.8, 4) is 0 Å². The molecule has 3 atom stereocenters. The maximum absolute atomic E-state index is 11.8. The fourth-order valence-corrected chi connectivity index (χ4v) is 3.35. The van der Waals surface area contributed by atoms with Gasteiger partial charge in [-0.15, -0.1) is 0 Å². The first-order valence-electron chi connectivity index (χ1n) is 8.81. The van der Waals surface area contributed by atoms with Crippen molar-refractivity contribution in [3.63, 3.8) is 0 Å². The van der Waals surface area contributed by atoms with Gasteiger partial charge >= 0.3 is 12.1 Å². The summed E-state index contributed by atoms with van der Waals surface area (Å²) in [6.07, 6.45) is 4.30. The topological polar surface area (TPSA) is 75.6 Å². The van der Waals surface area contributed by atoms with Crippen molar-refractivity contribution < 1.29 is 19.4 Å². The van der Waals surface area contributed by atoms with Crippen LogP contribution in [0.15, 0.2) is 42.0 Å². The van der Waals surface area contributed by atoms with E-state index >= 15 is 0 Å². The lowest BCUT2D eigenvalue weighted by molar-refractivity contribution is -0.142. The van der Waals surface area contributed by atoms with Gasteiger partial charge in [-0.1, -0.05) is 48.9 Å². The minimum atomic E-state index is -0.881. The van der Waals surface area contributed by atoms with Crippen LogP contribution in [0.3, 0.4) is 0 Å². The van der Waals surface area contributed by atoms with Gasteiger partial charge in [0.2, 0.25) is 0 Å². The molecule has 0 heterocycles. The first kappa shape index (κ1) is 19.0. The number of carbonyl (C=O) groups excluding carboxylic acids is 1. The Morgan fingerprint density at radius 3 is 2.68 bits per heavy atom. The predicted octanol–water partition coefficient (Wildman–Crippen LogP) is 4.00. The van der Waals surface area contributed by atoms with Gasteiger partial charge in [-0.2, -0.15) is 0 Å². The Labute approximate surface area is 149 Å². The zero-order chi connectivity index (χ0) is 18.2. The molecule has 0 aromatic heterocycles. The van der Waals surface area contributed by atoms with E-state index in [0.717, 1.165) is 18.4 Å². The Balaban J connectivity index is 1.82. The molecule has 1 aromatic rings. The van der Waals surface area contributed by atoms with Gasteiger partial charge in [0.1, 0.15) is 6.61 Å². The van der Waals surface area contributed by atoms with Crippen molar-refractivity contribution in [1.29, 1.82) is 0 Å². The third kappa shape index (κ3) is 5.93. The number of amides is 1. The number of nitrogens with one attached hydrogen (secondary N) is 1. The number of ether oxygens (including phenoxy) is 1. The minimum Gasteiger partial charge on any atom is -0.481 e. The lowest BCUT2D eigenvalue weighted by Gasteiger charge is -2.30. The number of allylic oxidation sites excluding steroid dienone is 2. The highest BCUT2D eigenvalue weighted by molar-refractivity contribution is 5.72. The van der Waals surface area contributed by atoms with Crippen LogP contribution in [-0.4, -0.2) is 23.7 Å². The Kier molecular flexibility index (Phi) is 7.04. The van der Waals surface area contributed by atoms with E-state index in [1.807, 2.05) is 30.3 Å². The smallest absolute Gasteiger partial charge is 0.407 e. The molecule has 136 valence electrons. The number of alkyl carbamates (subject to hydrolysis) is 1. The number of benzene rings is 1. The highest BCUT2D eigenvalue weighted by Gasteiger charge is 2.29. The Morgan fingerprint density at radius 1 is 1.32 bits per heavy atom. The molecule has 0 aliphatic heterocycles. The van der Waals surface area contributed by atoms with E-state index in [-0.39, 0.29) is 19.1 Å². The summed E-state index contributed by atoms with van der Waals surface area (Å²) in [4.78, 5) is 23.4. The van der Waals surface area contributed by atoms with Crippen LogP contribution < -0.4 is 5.32 Å². The molecule has 1 amide bonds. The normalized spacial score (nSPS) is 21.1. The molecule has 0 fully saturated rings. The van der Waals surface area contributed by atoms with Crippen molar-refractivity contribution in [2.75, 3.05) is 6.54 Å². The van der Waals surface area contributed by atoms with Gasteiger partial charge in [-0.25, -0.2) is 4.79 Å². The maximum Gasteiger partial charge on any atom is 0.407 e. The number of hydrogen-bond donors (Lipinski definition) is 2. The number of carbonyl (C=O) groups is 2. The lowest BCUT2D eigenvalue weighted by Crippen LogP contribution is -2.35. The fraction of sp³-hybridized carbons (Fsp3) is 0.500. The van der Waals surface area contributed by atoms with Gasteiger partial charge in [0, 0.05) is 6.54 Å². The second kappa shape index (κ2) is 9.25. The van der Waals surface area contributed by atoms with E-state index in [1.54, 1.807) is 0 Å². The van der Waals surface area contributed by atoms with Gasteiger partial charge in [0.05, 0.1) is 5.92 Å². The first-order chi connectivity index (χ1) is 12.0. The summed E-state index contributed by atoms with van der Waals surface area (Å²) >= 11 is 0. The van der Waals surface area contributed by atoms with E-state index in [9.17, 15) is 14.7 Å². The molecule has 0 saturated heterocycles. The quantitative estimate of drug-likeness (QED) is 0.733. The van der Waals surface area contributed by atoms with Gasteiger partial charge in [-0.05, 0) is 43.6 Å². The Hall–Kier alpha value is -2.30. The lowest BCUT2D eigenvalue weighted by atomic mass is 9.75. The van der Waals surface area contributed by atoms with Crippen LogP contribution in [0.5, 0.6) is 0 Å². The van der Waals surface area contributed by atoms with Crippen molar-refractivity contribution in [3.05, 3.63) is 47.5 Å². The van der Waals surface area contributed by atoms with Gasteiger partial charge < -0.3 is 15.2 Å². The van der Waals surface area contributed by atoms with Crippen LogP contribution in [0, 0.1) is 17.8 Å². The molecule has 0 saturated carbocycles. The van der Waals surface area contributed by atoms with E-state index in [1.165, 1.54) is 5.57 Å². The largest absolute Gasteiger partial charge is 0.481 e. The molecular weight excluding hydrogens is 318 g/mol. The van der Waals surface area contributed by atoms with Crippen molar-refractivity contribution in [2.45, 2.75) is 39.7 Å². The van der Waals surface area contributed by atoms with E-state index in [2.05, 4.69) is 25.2 Å². The maximum atomic E-state index is 11.8. The summed E-state index contributed by atoms with van der Waals surface area (Å²) < 4.78 is 5.14. The second-order valence-corrected chi connectivity index (χ2v) is 6.82. The second-order valence-electron chi connectivity index (χ2n) is 6.82. The third-order valence-electron chi connectivity index (χ3n) is 4.95. The van der Waals surface area contributed by atoms with Crippen LogP contribution in [0.1, 0.15) is 38.7 Å². The average molecular weight is 345 g/mol. The standard InChI is InChI=1S/C20H27NO4/c1-14-7-6-8-15(2)18(14)11-17(19(22)23)12-21-20(24)25-13-16-9-4-3-5-10-16/h3-5,7,9-10,15,17-18H,6,8,11-13H2,1-2H3,(H,21,24)(H,22,23). The molecule has 25 heavy (non-hydrogen) atoms. The van der Waals surface area contributed by atoms with Crippen molar-refractivity contribution in [1.82, 2.24) is 5.32 Å². The van der Waals surface area contributed by atoms with E-state index < -0.39 is 18.0 Å². The van der Waals surface area contributed by atoms with Gasteiger partial charge in [0.15, 0.2) is 0 Å². The number of carboxylic acid groups (broad SMARTS) is 1. The molecule has 1 aliphatic carbocycles. The molecule has 1 aromatic carbocycles. The third-order valence-corrected chi connectivity index (χ3v) is 4.95. The monoisotopic (exact) mass is 345 g/mol. The van der Waals surface area contributed by atoms with Crippen LogP contribution >= 0.6 is 0 Å². The summed E-state index contributed by atoms with van der Waals surface area (Å²) in [6.45, 7) is 4.49. The summed E-state index contributed by atoms with van der Waals surface area (Å²) in [7, 11) is 0. The van der Waals surface area contributed by atoms with Crippen LogP contribution in [0.25, 0.3) is 0 Å². The zero-order valence-corrected chi connectivity index (χ0v) is 14.9. The van der Waals surface area contributed by atoms with E-state index in [0.29, 0.717) is 12.3 Å². The summed E-state index contributed by atoms with van der Waals surface area (Å²) in [5.74, 6) is -0.763. The first-order valence-corrected chi connectivity index (χ1v) is 8.81. The van der Waals surface area contributed by atoms with Crippen molar-refractivity contribution >= 4 is 12.1 Å². The molecule has 0 bridgehead atoms. The molecular formula is C20H27NO4. The number of rotatable bonds is 7. The Morgan fingerprint density at radius 2 is 2.04 bits per heavy atom. The summed E-state index contributed by atoms with van der Waals surface area (Å²) in [5.41, 5.74) is 2.15. The van der Waals surface area contributed by atoms with Gasteiger partial charge in [-0.3, -0.25) is 4.79 Å². The molecule has 3 unspecified atom stereocenters. The highest BCUT2D eigenvalue weighted by Crippen LogP contribution is 2.34. The molecule has 5 nitrogen and oxygen atoms in total. The van der Waals surface area contributed by atoms with E-state index in [4.69, 9.17) is 4.74 Å². The minimum absolute atomic E-state index is 0.0828. The molecule has 1 aliphatic rings. The summed E-state index contributed by atoms with van der Waals surface area (Å²) in [5, 5.41) is 12.1. The molecule has 0 radical (unpaired) electrons. The average Bonchev–Trinajstić information content (AvgIpc) is 2.59. The van der Waals surface area contributed by atoms with Crippen LogP contribution in [0.4, 0.5) is 4.79 Å². The Bertz CT molecular complexity index is 611. The highest BCUT2D eigenvalue weighted by atomic mass is 16.5. The van der Waals surface area contributed by atoms with Crippen molar-refractivity contribution in [2.24, 2.45) is 17.8 Å². The molecule has 0 spiro atoms.